The van der Waals surface area contributed by atoms with E-state index in [4.69, 9.17) is 0 Å². The van der Waals surface area contributed by atoms with E-state index in [1.807, 2.05) is 11.8 Å². The summed E-state index contributed by atoms with van der Waals surface area (Å²) in [6, 6.07) is 7.02. The lowest BCUT2D eigenvalue weighted by Crippen LogP contribution is -2.41. The topological polar surface area (TPSA) is 32.3 Å². The molecule has 0 bridgehead atoms. The molecule has 3 heteroatoms. The molecule has 0 saturated carbocycles. The average Bonchev–Trinajstić information content (AvgIpc) is 2.94. The Morgan fingerprint density at radius 1 is 1.47 bits per heavy atom. The minimum absolute atomic E-state index is 0.416. The first-order valence-electron chi connectivity index (χ1n) is 7.22. The zero-order chi connectivity index (χ0) is 13.5. The molecule has 104 valence electrons. The van der Waals surface area contributed by atoms with E-state index in [0.29, 0.717) is 12.0 Å². The monoisotopic (exact) mass is 277 g/mol. The number of thioether (sulfide) groups is 1. The van der Waals surface area contributed by atoms with Gasteiger partial charge in [0.05, 0.1) is 5.60 Å². The lowest BCUT2D eigenvalue weighted by Gasteiger charge is -2.25. The van der Waals surface area contributed by atoms with Gasteiger partial charge in [-0.2, -0.15) is 11.8 Å². The van der Waals surface area contributed by atoms with Crippen molar-refractivity contribution in [3.05, 3.63) is 34.9 Å². The number of rotatable bonds is 3. The van der Waals surface area contributed by atoms with Crippen LogP contribution >= 0.6 is 11.8 Å². The van der Waals surface area contributed by atoms with Crippen LogP contribution in [-0.2, 0) is 0 Å². The molecule has 2 nitrogen and oxygen atoms in total. The van der Waals surface area contributed by atoms with Crippen LogP contribution in [0.1, 0.15) is 48.4 Å². The second-order valence-corrected chi connectivity index (χ2v) is 7.28. The van der Waals surface area contributed by atoms with Gasteiger partial charge < -0.3 is 10.4 Å². The molecule has 1 aliphatic heterocycles. The van der Waals surface area contributed by atoms with Gasteiger partial charge in [-0.1, -0.05) is 25.1 Å². The SMILES string of the molecule is Cc1cccc2c1C(C)CC2NCC1(O)CCSC1. The van der Waals surface area contributed by atoms with Crippen molar-refractivity contribution < 1.29 is 5.11 Å². The van der Waals surface area contributed by atoms with Crippen molar-refractivity contribution in [3.63, 3.8) is 0 Å². The summed E-state index contributed by atoms with van der Waals surface area (Å²) >= 11 is 1.86. The van der Waals surface area contributed by atoms with Crippen LogP contribution in [0, 0.1) is 6.92 Å². The van der Waals surface area contributed by atoms with Crippen LogP contribution in [0.15, 0.2) is 18.2 Å². The van der Waals surface area contributed by atoms with Crippen molar-refractivity contribution in [2.45, 2.75) is 44.2 Å². The van der Waals surface area contributed by atoms with E-state index in [1.54, 1.807) is 0 Å². The van der Waals surface area contributed by atoms with Gasteiger partial charge in [-0.15, -0.1) is 0 Å². The van der Waals surface area contributed by atoms with Crippen molar-refractivity contribution >= 4 is 11.8 Å². The number of fused-ring (bicyclic) bond motifs is 1. The van der Waals surface area contributed by atoms with Crippen molar-refractivity contribution in [1.82, 2.24) is 5.32 Å². The normalized spacial score (nSPS) is 33.6. The van der Waals surface area contributed by atoms with E-state index in [-0.39, 0.29) is 0 Å². The first-order chi connectivity index (χ1) is 9.09. The average molecular weight is 277 g/mol. The van der Waals surface area contributed by atoms with Crippen LogP contribution in [0.3, 0.4) is 0 Å². The molecule has 0 radical (unpaired) electrons. The zero-order valence-corrected chi connectivity index (χ0v) is 12.6. The molecule has 3 unspecified atom stereocenters. The third kappa shape index (κ3) is 2.56. The summed E-state index contributed by atoms with van der Waals surface area (Å²) in [7, 11) is 0. The van der Waals surface area contributed by atoms with Crippen LogP contribution < -0.4 is 5.32 Å². The summed E-state index contributed by atoms with van der Waals surface area (Å²) in [5.74, 6) is 2.60. The summed E-state index contributed by atoms with van der Waals surface area (Å²) in [4.78, 5) is 0. The lowest BCUT2D eigenvalue weighted by atomic mass is 9.98. The fourth-order valence-corrected chi connectivity index (χ4v) is 4.82. The number of aryl methyl sites for hydroxylation is 1. The molecule has 3 rings (SSSR count). The molecule has 0 amide bonds. The molecule has 19 heavy (non-hydrogen) atoms. The van der Waals surface area contributed by atoms with Crippen molar-refractivity contribution in [1.29, 1.82) is 0 Å². The second kappa shape index (κ2) is 5.12. The molecule has 0 spiro atoms. The zero-order valence-electron chi connectivity index (χ0n) is 11.8. The van der Waals surface area contributed by atoms with Gasteiger partial charge in [0.1, 0.15) is 0 Å². The maximum absolute atomic E-state index is 10.4. The van der Waals surface area contributed by atoms with Crippen LogP contribution in [0.2, 0.25) is 0 Å². The Kier molecular flexibility index (Phi) is 3.63. The summed E-state index contributed by atoms with van der Waals surface area (Å²) in [5, 5.41) is 14.1. The summed E-state index contributed by atoms with van der Waals surface area (Å²) < 4.78 is 0. The van der Waals surface area contributed by atoms with Crippen LogP contribution in [0.5, 0.6) is 0 Å². The molecule has 2 N–H and O–H groups in total. The highest BCUT2D eigenvalue weighted by Crippen LogP contribution is 2.42. The van der Waals surface area contributed by atoms with Gasteiger partial charge in [0.2, 0.25) is 0 Å². The van der Waals surface area contributed by atoms with Crippen molar-refractivity contribution in [2.75, 3.05) is 18.1 Å². The number of aliphatic hydroxyl groups is 1. The van der Waals surface area contributed by atoms with E-state index in [2.05, 4.69) is 37.4 Å². The third-order valence-corrected chi connectivity index (χ3v) is 5.81. The molecule has 1 saturated heterocycles. The second-order valence-electron chi connectivity index (χ2n) is 6.17. The summed E-state index contributed by atoms with van der Waals surface area (Å²) in [6.07, 6.45) is 2.08. The van der Waals surface area contributed by atoms with Gasteiger partial charge in [0.15, 0.2) is 0 Å². The highest BCUT2D eigenvalue weighted by molar-refractivity contribution is 7.99. The van der Waals surface area contributed by atoms with Crippen molar-refractivity contribution in [2.24, 2.45) is 0 Å². The molecular formula is C16H23NOS. The fraction of sp³-hybridized carbons (Fsp3) is 0.625. The molecule has 1 aliphatic carbocycles. The Labute approximate surface area is 120 Å². The van der Waals surface area contributed by atoms with E-state index >= 15 is 0 Å². The summed E-state index contributed by atoms with van der Waals surface area (Å²) in [5.41, 5.74) is 3.89. The Bertz CT molecular complexity index is 468. The van der Waals surface area contributed by atoms with Gasteiger partial charge in [-0.05, 0) is 48.1 Å². The lowest BCUT2D eigenvalue weighted by molar-refractivity contribution is 0.0644. The van der Waals surface area contributed by atoms with Gasteiger partial charge in [-0.25, -0.2) is 0 Å². The Hall–Kier alpha value is -0.510. The van der Waals surface area contributed by atoms with Gasteiger partial charge in [0.25, 0.3) is 0 Å². The predicted octanol–water partition coefficient (Wildman–Crippen LogP) is 3.00. The number of nitrogens with one attached hydrogen (secondary N) is 1. The van der Waals surface area contributed by atoms with Gasteiger partial charge in [0, 0.05) is 18.3 Å². The number of hydrogen-bond donors (Lipinski definition) is 2. The Morgan fingerprint density at radius 2 is 2.32 bits per heavy atom. The van der Waals surface area contributed by atoms with E-state index in [9.17, 15) is 5.11 Å². The maximum Gasteiger partial charge on any atom is 0.0869 e. The predicted molar refractivity (Wildman–Crippen MR) is 81.8 cm³/mol. The maximum atomic E-state index is 10.4. The van der Waals surface area contributed by atoms with E-state index < -0.39 is 5.60 Å². The molecule has 1 aromatic carbocycles. The highest BCUT2D eigenvalue weighted by atomic mass is 32.2. The van der Waals surface area contributed by atoms with Gasteiger partial charge >= 0.3 is 0 Å². The first kappa shape index (κ1) is 13.5. The minimum atomic E-state index is -0.486. The Morgan fingerprint density at radius 3 is 3.05 bits per heavy atom. The third-order valence-electron chi connectivity index (χ3n) is 4.58. The molecular weight excluding hydrogens is 254 g/mol. The van der Waals surface area contributed by atoms with Crippen LogP contribution in [0.4, 0.5) is 0 Å². The molecule has 3 atom stereocenters. The standard InChI is InChI=1S/C16H23NOS/c1-11-4-3-5-13-14(8-12(2)15(11)13)17-9-16(18)6-7-19-10-16/h3-5,12,14,17-18H,6-10H2,1-2H3. The van der Waals surface area contributed by atoms with E-state index in [0.717, 1.165) is 30.9 Å². The molecule has 1 fully saturated rings. The largest absolute Gasteiger partial charge is 0.388 e. The Balaban J connectivity index is 1.73. The molecule has 2 aliphatic rings. The number of benzene rings is 1. The number of hydrogen-bond acceptors (Lipinski definition) is 3. The van der Waals surface area contributed by atoms with Crippen LogP contribution in [0.25, 0.3) is 0 Å². The first-order valence-corrected chi connectivity index (χ1v) is 8.37. The fourth-order valence-electron chi connectivity index (χ4n) is 3.52. The van der Waals surface area contributed by atoms with Crippen molar-refractivity contribution in [3.8, 4) is 0 Å². The molecule has 0 aromatic heterocycles. The smallest absolute Gasteiger partial charge is 0.0869 e. The minimum Gasteiger partial charge on any atom is -0.388 e. The summed E-state index contributed by atoms with van der Waals surface area (Å²) in [6.45, 7) is 5.25. The van der Waals surface area contributed by atoms with E-state index in [1.165, 1.54) is 16.7 Å². The molecule has 1 heterocycles. The van der Waals surface area contributed by atoms with Gasteiger partial charge in [-0.3, -0.25) is 0 Å². The molecule has 1 aromatic rings. The van der Waals surface area contributed by atoms with Crippen LogP contribution in [-0.4, -0.2) is 28.8 Å². The quantitative estimate of drug-likeness (QED) is 0.891. The highest BCUT2D eigenvalue weighted by Gasteiger charge is 2.34.